The lowest BCUT2D eigenvalue weighted by atomic mass is 10.2. The monoisotopic (exact) mass is 416 g/mol. The molecule has 0 amide bonds. The van der Waals surface area contributed by atoms with Crippen LogP contribution in [0.15, 0.2) is 30.3 Å². The van der Waals surface area contributed by atoms with E-state index in [-0.39, 0.29) is 5.75 Å². The Bertz CT molecular complexity index is 482. The third-order valence-corrected chi connectivity index (χ3v) is 8.14. The SMILES string of the molecule is CCS(=O)(=O)[C@](Br)(I)C(=O)c1ccccc1. The Kier molecular flexibility index (Phi) is 4.53. The zero-order valence-electron chi connectivity index (χ0n) is 8.48. The van der Waals surface area contributed by atoms with E-state index < -0.39 is 17.3 Å². The van der Waals surface area contributed by atoms with Crippen LogP contribution in [0.3, 0.4) is 0 Å². The standard InChI is InChI=1S/C10H10BrIO3S/c1-2-16(14,15)10(11,12)9(13)8-6-4-3-5-7-8/h3-7H,2H2,1H3/t10-/m1/s1. The van der Waals surface area contributed by atoms with E-state index in [0.717, 1.165) is 0 Å². The number of hydrogen-bond acceptors (Lipinski definition) is 3. The second-order valence-electron chi connectivity index (χ2n) is 3.12. The highest BCUT2D eigenvalue weighted by atomic mass is 127. The molecule has 1 aromatic carbocycles. The summed E-state index contributed by atoms with van der Waals surface area (Å²) >= 11 is 4.64. The predicted octanol–water partition coefficient (Wildman–Crippen LogP) is 2.79. The van der Waals surface area contributed by atoms with E-state index in [1.807, 2.05) is 0 Å². The van der Waals surface area contributed by atoms with Gasteiger partial charge in [0.15, 0.2) is 9.84 Å². The van der Waals surface area contributed by atoms with E-state index >= 15 is 0 Å². The Labute approximate surface area is 117 Å². The summed E-state index contributed by atoms with van der Waals surface area (Å²) in [6.45, 7) is 1.52. The van der Waals surface area contributed by atoms with E-state index in [0.29, 0.717) is 5.56 Å². The highest BCUT2D eigenvalue weighted by molar-refractivity contribution is 14.1. The number of halogens is 2. The van der Waals surface area contributed by atoms with Crippen LogP contribution in [-0.2, 0) is 9.84 Å². The van der Waals surface area contributed by atoms with Crippen molar-refractivity contribution >= 4 is 54.1 Å². The number of carbonyl (C=O) groups is 1. The number of rotatable bonds is 4. The van der Waals surface area contributed by atoms with Gasteiger partial charge in [-0.15, -0.1) is 0 Å². The van der Waals surface area contributed by atoms with Crippen molar-refractivity contribution in [3.05, 3.63) is 35.9 Å². The van der Waals surface area contributed by atoms with Crippen molar-refractivity contribution in [2.45, 2.75) is 8.59 Å². The van der Waals surface area contributed by atoms with E-state index in [2.05, 4.69) is 15.9 Å². The van der Waals surface area contributed by atoms with Crippen molar-refractivity contribution in [3.8, 4) is 0 Å². The molecule has 6 heteroatoms. The third-order valence-electron chi connectivity index (χ3n) is 2.07. The van der Waals surface area contributed by atoms with Gasteiger partial charge in [-0.05, 0) is 38.5 Å². The summed E-state index contributed by atoms with van der Waals surface area (Å²) in [6.07, 6.45) is 0. The van der Waals surface area contributed by atoms with Crippen molar-refractivity contribution in [2.24, 2.45) is 0 Å². The summed E-state index contributed by atoms with van der Waals surface area (Å²) < 4.78 is 21.9. The van der Waals surface area contributed by atoms with E-state index in [1.165, 1.54) is 6.92 Å². The molecule has 0 radical (unpaired) electrons. The topological polar surface area (TPSA) is 51.2 Å². The number of sulfone groups is 1. The maximum Gasteiger partial charge on any atom is 0.239 e. The Morgan fingerprint density at radius 2 is 1.88 bits per heavy atom. The lowest BCUT2D eigenvalue weighted by Crippen LogP contribution is -2.35. The molecule has 0 bridgehead atoms. The van der Waals surface area contributed by atoms with E-state index in [1.54, 1.807) is 52.9 Å². The van der Waals surface area contributed by atoms with Gasteiger partial charge in [0.05, 0.1) is 5.75 Å². The van der Waals surface area contributed by atoms with Crippen molar-refractivity contribution in [3.63, 3.8) is 0 Å². The maximum atomic E-state index is 12.0. The largest absolute Gasteiger partial charge is 0.290 e. The minimum absolute atomic E-state index is 0.0836. The molecular weight excluding hydrogens is 407 g/mol. The molecule has 0 saturated heterocycles. The molecule has 3 nitrogen and oxygen atoms in total. The molecule has 0 aliphatic rings. The molecule has 0 saturated carbocycles. The van der Waals surface area contributed by atoms with Gasteiger partial charge in [0.25, 0.3) is 0 Å². The fraction of sp³-hybridized carbons (Fsp3) is 0.300. The summed E-state index contributed by atoms with van der Waals surface area (Å²) in [4.78, 5) is 12.0. The highest BCUT2D eigenvalue weighted by Gasteiger charge is 2.44. The minimum Gasteiger partial charge on any atom is -0.290 e. The van der Waals surface area contributed by atoms with Gasteiger partial charge < -0.3 is 0 Å². The molecule has 0 spiro atoms. The maximum absolute atomic E-state index is 12.0. The zero-order chi connectivity index (χ0) is 12.4. The van der Waals surface area contributed by atoms with Gasteiger partial charge in [0.2, 0.25) is 7.45 Å². The van der Waals surface area contributed by atoms with Crippen LogP contribution in [0, 0.1) is 0 Å². The van der Waals surface area contributed by atoms with Gasteiger partial charge in [0.1, 0.15) is 0 Å². The first-order valence-corrected chi connectivity index (χ1v) is 8.05. The average molecular weight is 417 g/mol. The smallest absolute Gasteiger partial charge is 0.239 e. The Morgan fingerprint density at radius 1 is 1.38 bits per heavy atom. The molecule has 0 aliphatic carbocycles. The molecule has 1 atom stereocenters. The minimum atomic E-state index is -3.49. The molecule has 0 unspecified atom stereocenters. The van der Waals surface area contributed by atoms with Crippen LogP contribution in [-0.4, -0.2) is 21.6 Å². The molecule has 0 N–H and O–H groups in total. The fourth-order valence-corrected chi connectivity index (χ4v) is 4.00. The number of hydrogen-bond donors (Lipinski definition) is 0. The first kappa shape index (κ1) is 14.1. The molecular formula is C10H10BrIO3S. The lowest BCUT2D eigenvalue weighted by Gasteiger charge is -2.18. The van der Waals surface area contributed by atoms with Crippen LogP contribution in [0.25, 0.3) is 0 Å². The number of carbonyl (C=O) groups excluding carboxylic acids is 1. The van der Waals surface area contributed by atoms with Crippen LogP contribution in [0.1, 0.15) is 17.3 Å². The van der Waals surface area contributed by atoms with Crippen molar-refractivity contribution in [2.75, 3.05) is 5.75 Å². The second kappa shape index (κ2) is 5.14. The average Bonchev–Trinajstić information content (AvgIpc) is 2.29. The van der Waals surface area contributed by atoms with Crippen LogP contribution < -0.4 is 0 Å². The summed E-state index contributed by atoms with van der Waals surface area (Å²) in [5.41, 5.74) is 0.380. The Hall–Kier alpha value is 0.0500. The van der Waals surface area contributed by atoms with Crippen LogP contribution >= 0.6 is 38.5 Å². The Morgan fingerprint density at radius 3 is 2.31 bits per heavy atom. The molecule has 88 valence electrons. The third kappa shape index (κ3) is 2.65. The van der Waals surface area contributed by atoms with E-state index in [4.69, 9.17) is 0 Å². The predicted molar refractivity (Wildman–Crippen MR) is 75.9 cm³/mol. The fourth-order valence-electron chi connectivity index (χ4n) is 1.08. The summed E-state index contributed by atoms with van der Waals surface area (Å²) in [7, 11) is -3.49. The summed E-state index contributed by atoms with van der Waals surface area (Å²) in [6, 6.07) is 8.37. The Balaban J connectivity index is 3.17. The second-order valence-corrected chi connectivity index (χ2v) is 11.1. The van der Waals surface area contributed by atoms with Gasteiger partial charge in [-0.2, -0.15) is 0 Å². The molecule has 16 heavy (non-hydrogen) atoms. The van der Waals surface area contributed by atoms with Crippen molar-refractivity contribution in [1.29, 1.82) is 0 Å². The van der Waals surface area contributed by atoms with Crippen LogP contribution in [0.5, 0.6) is 0 Å². The molecule has 0 fully saturated rings. The highest BCUT2D eigenvalue weighted by Crippen LogP contribution is 2.37. The van der Waals surface area contributed by atoms with Gasteiger partial charge in [-0.1, -0.05) is 37.3 Å². The number of alkyl halides is 2. The molecule has 1 rings (SSSR count). The molecule has 1 aromatic rings. The summed E-state index contributed by atoms with van der Waals surface area (Å²) in [5.74, 6) is -0.532. The van der Waals surface area contributed by atoms with Gasteiger partial charge in [-0.25, -0.2) is 8.42 Å². The summed E-state index contributed by atoms with van der Waals surface area (Å²) in [5, 5.41) is 0. The van der Waals surface area contributed by atoms with Crippen LogP contribution in [0.2, 0.25) is 0 Å². The first-order chi connectivity index (χ1) is 7.33. The zero-order valence-corrected chi connectivity index (χ0v) is 13.0. The first-order valence-electron chi connectivity index (χ1n) is 4.53. The van der Waals surface area contributed by atoms with Crippen LogP contribution in [0.4, 0.5) is 0 Å². The van der Waals surface area contributed by atoms with E-state index in [9.17, 15) is 13.2 Å². The number of ketones is 1. The van der Waals surface area contributed by atoms with Gasteiger partial charge in [0, 0.05) is 5.56 Å². The lowest BCUT2D eigenvalue weighted by molar-refractivity contribution is 0.101. The molecule has 0 aliphatic heterocycles. The van der Waals surface area contributed by atoms with Crippen molar-refractivity contribution in [1.82, 2.24) is 0 Å². The number of benzene rings is 1. The molecule has 0 heterocycles. The number of Topliss-reactive ketones (excluding diaryl/α,β-unsaturated/α-hetero) is 1. The molecule has 0 aromatic heterocycles. The quantitative estimate of drug-likeness (QED) is 0.430. The van der Waals surface area contributed by atoms with Gasteiger partial charge in [-0.3, -0.25) is 4.79 Å². The van der Waals surface area contributed by atoms with Gasteiger partial charge >= 0.3 is 0 Å². The van der Waals surface area contributed by atoms with Crippen molar-refractivity contribution < 1.29 is 13.2 Å². The normalized spacial score (nSPS) is 15.4.